The highest BCUT2D eigenvalue weighted by atomic mass is 16.5. The van der Waals surface area contributed by atoms with Crippen LogP contribution in [0.15, 0.2) is 48.5 Å². The lowest BCUT2D eigenvalue weighted by Crippen LogP contribution is -2.37. The summed E-state index contributed by atoms with van der Waals surface area (Å²) >= 11 is 0. The first-order valence-electron chi connectivity index (χ1n) is 10.4. The maximum absolute atomic E-state index is 11.5. The summed E-state index contributed by atoms with van der Waals surface area (Å²) in [6.45, 7) is 6.39. The van der Waals surface area contributed by atoms with E-state index in [1.807, 2.05) is 24.3 Å². The Bertz CT molecular complexity index is 959. The molecule has 0 saturated carbocycles. The predicted octanol–water partition coefficient (Wildman–Crippen LogP) is 3.86. The Balaban J connectivity index is 1.52. The van der Waals surface area contributed by atoms with Crippen LogP contribution in [0.5, 0.6) is 0 Å². The lowest BCUT2D eigenvalue weighted by Gasteiger charge is -2.31. The topological polar surface area (TPSA) is 67.4 Å². The fourth-order valence-corrected chi connectivity index (χ4v) is 4.20. The van der Waals surface area contributed by atoms with E-state index in [0.717, 1.165) is 48.4 Å². The number of H-pyrrole nitrogens is 1. The van der Waals surface area contributed by atoms with Crippen LogP contribution in [0.2, 0.25) is 0 Å². The fourth-order valence-electron chi connectivity index (χ4n) is 4.20. The summed E-state index contributed by atoms with van der Waals surface area (Å²) in [5.74, 6) is 1.09. The number of aromatic amines is 1. The molecule has 4 rings (SSSR count). The summed E-state index contributed by atoms with van der Waals surface area (Å²) in [4.78, 5) is 21.8. The molecule has 1 radical (unpaired) electrons. The molecule has 3 aromatic rings. The normalized spacial score (nSPS) is 16.6. The summed E-state index contributed by atoms with van der Waals surface area (Å²) < 4.78 is 10.8. The highest BCUT2D eigenvalue weighted by Gasteiger charge is 2.24. The van der Waals surface area contributed by atoms with Gasteiger partial charge in [0.15, 0.2) is 0 Å². The Morgan fingerprint density at radius 1 is 1.23 bits per heavy atom. The third kappa shape index (κ3) is 4.55. The molecule has 157 valence electrons. The number of rotatable bonds is 7. The van der Waals surface area contributed by atoms with Crippen molar-refractivity contribution in [1.29, 1.82) is 0 Å². The molecule has 6 heteroatoms. The molecular formula is C24H28N3O3. The van der Waals surface area contributed by atoms with Crippen molar-refractivity contribution in [1.82, 2.24) is 14.9 Å². The lowest BCUT2D eigenvalue weighted by atomic mass is 9.88. The Hall–Kier alpha value is -2.70. The van der Waals surface area contributed by atoms with Gasteiger partial charge in [0.25, 0.3) is 0 Å². The summed E-state index contributed by atoms with van der Waals surface area (Å²) in [6.07, 6.45) is 1.76. The van der Waals surface area contributed by atoms with E-state index in [4.69, 9.17) is 14.5 Å². The van der Waals surface area contributed by atoms with Gasteiger partial charge in [-0.2, -0.15) is 0 Å². The summed E-state index contributed by atoms with van der Waals surface area (Å²) in [5, 5.41) is 0. The second-order valence-electron chi connectivity index (χ2n) is 7.69. The van der Waals surface area contributed by atoms with Crippen LogP contribution in [0.3, 0.4) is 0 Å². The van der Waals surface area contributed by atoms with Crippen LogP contribution in [0, 0.1) is 6.92 Å². The number of carbonyl (C=O) groups excluding carboxylic acids is 1. The van der Waals surface area contributed by atoms with E-state index in [-0.39, 0.29) is 12.1 Å². The molecule has 1 aliphatic rings. The number of piperidine rings is 1. The molecule has 1 N–H and O–H groups in total. The van der Waals surface area contributed by atoms with Crippen molar-refractivity contribution in [3.63, 3.8) is 0 Å². The number of esters is 1. The van der Waals surface area contributed by atoms with Gasteiger partial charge in [0.2, 0.25) is 0 Å². The Labute approximate surface area is 177 Å². The molecule has 0 spiro atoms. The van der Waals surface area contributed by atoms with Gasteiger partial charge in [-0.1, -0.05) is 36.4 Å². The molecule has 2 aromatic carbocycles. The summed E-state index contributed by atoms with van der Waals surface area (Å²) in [5.41, 5.74) is 4.31. The van der Waals surface area contributed by atoms with Crippen LogP contribution in [-0.4, -0.2) is 54.2 Å². The highest BCUT2D eigenvalue weighted by Crippen LogP contribution is 2.32. The number of nitrogens with zero attached hydrogens (tertiary/aromatic N) is 2. The second-order valence-corrected chi connectivity index (χ2v) is 7.69. The standard InChI is InChI=1S/C24H28N3O3/c1-3-30-23(24-25-20-9-4-5-10-21(20)26-24)19-8-6-7-18(15-19)17-11-13-27(14-12-17)16-22(28)29-2/h4-10,15,17,23H,1,3,11-14,16H2,2H3,(H,25,26). The average Bonchev–Trinajstić information content (AvgIpc) is 3.22. The number of nitrogens with one attached hydrogen (secondary N) is 1. The van der Waals surface area contributed by atoms with E-state index in [1.54, 1.807) is 0 Å². The quantitative estimate of drug-likeness (QED) is 0.604. The minimum absolute atomic E-state index is 0.172. The number of carbonyl (C=O) groups is 1. The number of imidazole rings is 1. The van der Waals surface area contributed by atoms with Crippen molar-refractivity contribution in [2.75, 3.05) is 33.4 Å². The van der Waals surface area contributed by atoms with Crippen molar-refractivity contribution < 1.29 is 14.3 Å². The first-order chi connectivity index (χ1) is 14.7. The summed E-state index contributed by atoms with van der Waals surface area (Å²) in [6, 6.07) is 16.6. The molecule has 6 nitrogen and oxygen atoms in total. The maximum atomic E-state index is 11.5. The molecule has 1 aromatic heterocycles. The molecule has 1 aliphatic heterocycles. The number of hydrogen-bond donors (Lipinski definition) is 1. The van der Waals surface area contributed by atoms with Crippen LogP contribution >= 0.6 is 0 Å². The first-order valence-corrected chi connectivity index (χ1v) is 10.4. The van der Waals surface area contributed by atoms with Crippen molar-refractivity contribution in [3.8, 4) is 0 Å². The molecule has 1 fully saturated rings. The Morgan fingerprint density at radius 3 is 2.77 bits per heavy atom. The van der Waals surface area contributed by atoms with Crippen LogP contribution in [0.25, 0.3) is 11.0 Å². The minimum Gasteiger partial charge on any atom is -0.468 e. The Morgan fingerprint density at radius 2 is 2.03 bits per heavy atom. The second kappa shape index (κ2) is 9.41. The molecule has 30 heavy (non-hydrogen) atoms. The van der Waals surface area contributed by atoms with Gasteiger partial charge in [0, 0.05) is 6.61 Å². The molecule has 0 aliphatic carbocycles. The SMILES string of the molecule is [CH2]COC(c1cccc(C2CCN(CC(=O)OC)CC2)c1)c1nc2ccccc2[nH]1. The molecular weight excluding hydrogens is 378 g/mol. The van der Waals surface area contributed by atoms with Crippen LogP contribution in [0.1, 0.15) is 41.8 Å². The minimum atomic E-state index is -0.283. The van der Waals surface area contributed by atoms with Gasteiger partial charge < -0.3 is 14.5 Å². The van der Waals surface area contributed by atoms with Gasteiger partial charge in [0.1, 0.15) is 11.9 Å². The van der Waals surface area contributed by atoms with Crippen LogP contribution < -0.4 is 0 Å². The van der Waals surface area contributed by atoms with Crippen LogP contribution in [0.4, 0.5) is 0 Å². The molecule has 2 heterocycles. The van der Waals surface area contributed by atoms with Gasteiger partial charge in [-0.25, -0.2) is 4.98 Å². The smallest absolute Gasteiger partial charge is 0.319 e. The molecule has 0 amide bonds. The van der Waals surface area contributed by atoms with E-state index in [2.05, 4.69) is 41.1 Å². The van der Waals surface area contributed by atoms with E-state index in [9.17, 15) is 4.79 Å². The van der Waals surface area contributed by atoms with Crippen molar-refractivity contribution in [3.05, 3.63) is 72.4 Å². The van der Waals surface area contributed by atoms with E-state index in [1.165, 1.54) is 12.7 Å². The van der Waals surface area contributed by atoms with Gasteiger partial charge in [-0.3, -0.25) is 9.69 Å². The van der Waals surface area contributed by atoms with Gasteiger partial charge >= 0.3 is 5.97 Å². The lowest BCUT2D eigenvalue weighted by molar-refractivity contribution is -0.142. The third-order valence-corrected chi connectivity index (χ3v) is 5.79. The molecule has 1 unspecified atom stereocenters. The largest absolute Gasteiger partial charge is 0.468 e. The monoisotopic (exact) mass is 406 g/mol. The van der Waals surface area contributed by atoms with Crippen molar-refractivity contribution >= 4 is 17.0 Å². The number of methoxy groups -OCH3 is 1. The number of ether oxygens (including phenoxy) is 2. The molecule has 1 saturated heterocycles. The highest BCUT2D eigenvalue weighted by molar-refractivity contribution is 5.75. The average molecular weight is 407 g/mol. The maximum Gasteiger partial charge on any atom is 0.319 e. The van der Waals surface area contributed by atoms with E-state index >= 15 is 0 Å². The van der Waals surface area contributed by atoms with Gasteiger partial charge in [-0.05, 0) is 62.0 Å². The zero-order valence-electron chi connectivity index (χ0n) is 17.3. The van der Waals surface area contributed by atoms with Gasteiger partial charge in [-0.15, -0.1) is 0 Å². The zero-order valence-corrected chi connectivity index (χ0v) is 17.3. The third-order valence-electron chi connectivity index (χ3n) is 5.79. The Kier molecular flexibility index (Phi) is 6.45. The van der Waals surface area contributed by atoms with E-state index in [0.29, 0.717) is 19.1 Å². The number of aromatic nitrogens is 2. The van der Waals surface area contributed by atoms with Crippen LogP contribution in [-0.2, 0) is 14.3 Å². The van der Waals surface area contributed by atoms with Crippen molar-refractivity contribution in [2.45, 2.75) is 24.9 Å². The predicted molar refractivity (Wildman–Crippen MR) is 116 cm³/mol. The fraction of sp³-hybridized carbons (Fsp3) is 0.375. The van der Waals surface area contributed by atoms with E-state index < -0.39 is 0 Å². The zero-order chi connectivity index (χ0) is 20.9. The number of fused-ring (bicyclic) bond motifs is 1. The van der Waals surface area contributed by atoms with Gasteiger partial charge in [0.05, 0.1) is 24.7 Å². The number of likely N-dealkylation sites (tertiary alicyclic amines) is 1. The molecule has 1 atom stereocenters. The summed E-state index contributed by atoms with van der Waals surface area (Å²) in [7, 11) is 1.44. The van der Waals surface area contributed by atoms with Crippen molar-refractivity contribution in [2.24, 2.45) is 0 Å². The number of hydrogen-bond acceptors (Lipinski definition) is 5. The first kappa shape index (κ1) is 20.6. The molecule has 0 bridgehead atoms. The number of benzene rings is 2. The number of para-hydroxylation sites is 2.